The summed E-state index contributed by atoms with van der Waals surface area (Å²) in [5, 5.41) is 3.06. The van der Waals surface area contributed by atoms with Crippen molar-refractivity contribution in [3.8, 4) is 0 Å². The van der Waals surface area contributed by atoms with E-state index in [0.717, 1.165) is 25.1 Å². The van der Waals surface area contributed by atoms with Crippen molar-refractivity contribution >= 4 is 17.5 Å². The molecule has 3 N–H and O–H groups in total. The zero-order valence-corrected chi connectivity index (χ0v) is 11.1. The standard InChI is InChI=1S/C14H19N3O2/c1-2-17(12-7-8-12)13(18)9-16-11-5-3-10(4-6-11)14(15)19/h3-6,12,16H,2,7-9H2,1H3,(H2,15,19). The van der Waals surface area contributed by atoms with E-state index in [1.54, 1.807) is 24.3 Å². The molecule has 0 atom stereocenters. The van der Waals surface area contributed by atoms with Crippen molar-refractivity contribution in [3.63, 3.8) is 0 Å². The highest BCUT2D eigenvalue weighted by Crippen LogP contribution is 2.26. The van der Waals surface area contributed by atoms with Gasteiger partial charge in [-0.15, -0.1) is 0 Å². The molecule has 0 bridgehead atoms. The number of amides is 2. The SMILES string of the molecule is CCN(C(=O)CNc1ccc(C(N)=O)cc1)C1CC1. The van der Waals surface area contributed by atoms with Gasteiger partial charge in [0.2, 0.25) is 11.8 Å². The minimum Gasteiger partial charge on any atom is -0.376 e. The van der Waals surface area contributed by atoms with Gasteiger partial charge in [-0.3, -0.25) is 9.59 Å². The minimum atomic E-state index is -0.450. The van der Waals surface area contributed by atoms with Crippen LogP contribution < -0.4 is 11.1 Å². The van der Waals surface area contributed by atoms with E-state index in [2.05, 4.69) is 5.32 Å². The highest BCUT2D eigenvalue weighted by Gasteiger charge is 2.30. The van der Waals surface area contributed by atoms with Crippen LogP contribution in [0.1, 0.15) is 30.1 Å². The Hall–Kier alpha value is -2.04. The maximum Gasteiger partial charge on any atom is 0.248 e. The summed E-state index contributed by atoms with van der Waals surface area (Å²) in [4.78, 5) is 24.8. The molecule has 1 fully saturated rings. The quantitative estimate of drug-likeness (QED) is 0.808. The van der Waals surface area contributed by atoms with Crippen LogP contribution in [0.3, 0.4) is 0 Å². The Labute approximate surface area is 112 Å². The molecule has 1 aliphatic rings. The summed E-state index contributed by atoms with van der Waals surface area (Å²) in [6.07, 6.45) is 2.24. The third-order valence-corrected chi connectivity index (χ3v) is 3.26. The zero-order chi connectivity index (χ0) is 13.8. The average molecular weight is 261 g/mol. The molecule has 0 spiro atoms. The van der Waals surface area contributed by atoms with Crippen LogP contribution in [0.15, 0.2) is 24.3 Å². The first-order chi connectivity index (χ1) is 9.11. The van der Waals surface area contributed by atoms with E-state index in [4.69, 9.17) is 5.73 Å². The molecule has 1 saturated carbocycles. The number of carbonyl (C=O) groups is 2. The summed E-state index contributed by atoms with van der Waals surface area (Å²) in [6, 6.07) is 7.24. The van der Waals surface area contributed by atoms with E-state index >= 15 is 0 Å². The predicted octanol–water partition coefficient (Wildman–Crippen LogP) is 1.21. The maximum atomic E-state index is 12.0. The van der Waals surface area contributed by atoms with E-state index in [9.17, 15) is 9.59 Å². The number of nitrogens with two attached hydrogens (primary N) is 1. The summed E-state index contributed by atoms with van der Waals surface area (Å²) in [5.74, 6) is -0.336. The number of carbonyl (C=O) groups excluding carboxylic acids is 2. The van der Waals surface area contributed by atoms with Crippen LogP contribution in [-0.4, -0.2) is 35.8 Å². The summed E-state index contributed by atoms with van der Waals surface area (Å²) in [5.41, 5.74) is 6.44. The predicted molar refractivity (Wildman–Crippen MR) is 73.9 cm³/mol. The lowest BCUT2D eigenvalue weighted by molar-refractivity contribution is -0.129. The number of primary amides is 1. The third kappa shape index (κ3) is 3.47. The van der Waals surface area contributed by atoms with Gasteiger partial charge in [0, 0.05) is 23.8 Å². The molecular formula is C14H19N3O2. The first kappa shape index (κ1) is 13.4. The molecule has 0 aromatic heterocycles. The number of likely N-dealkylation sites (N-methyl/N-ethyl adjacent to an activating group) is 1. The molecular weight excluding hydrogens is 242 g/mol. The largest absolute Gasteiger partial charge is 0.376 e. The smallest absolute Gasteiger partial charge is 0.248 e. The summed E-state index contributed by atoms with van der Waals surface area (Å²) in [6.45, 7) is 3.03. The second-order valence-electron chi connectivity index (χ2n) is 4.71. The van der Waals surface area contributed by atoms with Crippen LogP contribution in [0.4, 0.5) is 5.69 Å². The van der Waals surface area contributed by atoms with Gasteiger partial charge in [0.15, 0.2) is 0 Å². The van der Waals surface area contributed by atoms with Crippen molar-refractivity contribution in [2.24, 2.45) is 5.73 Å². The monoisotopic (exact) mass is 261 g/mol. The number of hydrogen-bond donors (Lipinski definition) is 2. The van der Waals surface area contributed by atoms with Crippen LogP contribution in [-0.2, 0) is 4.79 Å². The number of anilines is 1. The molecule has 0 heterocycles. The van der Waals surface area contributed by atoms with E-state index < -0.39 is 5.91 Å². The highest BCUT2D eigenvalue weighted by molar-refractivity contribution is 5.93. The lowest BCUT2D eigenvalue weighted by Gasteiger charge is -2.20. The van der Waals surface area contributed by atoms with Gasteiger partial charge >= 0.3 is 0 Å². The van der Waals surface area contributed by atoms with Gasteiger partial charge in [-0.2, -0.15) is 0 Å². The Morgan fingerprint density at radius 1 is 1.32 bits per heavy atom. The van der Waals surface area contributed by atoms with Crippen molar-refractivity contribution in [3.05, 3.63) is 29.8 Å². The molecule has 2 rings (SSSR count). The van der Waals surface area contributed by atoms with E-state index in [0.29, 0.717) is 11.6 Å². The number of nitrogens with zero attached hydrogens (tertiary/aromatic N) is 1. The molecule has 1 aromatic carbocycles. The lowest BCUT2D eigenvalue weighted by atomic mass is 10.2. The summed E-state index contributed by atoms with van der Waals surface area (Å²) >= 11 is 0. The molecule has 19 heavy (non-hydrogen) atoms. The number of benzene rings is 1. The second-order valence-corrected chi connectivity index (χ2v) is 4.71. The van der Waals surface area contributed by atoms with Gasteiger partial charge in [0.05, 0.1) is 6.54 Å². The fourth-order valence-electron chi connectivity index (χ4n) is 2.06. The lowest BCUT2D eigenvalue weighted by Crippen LogP contribution is -2.37. The molecule has 5 nitrogen and oxygen atoms in total. The van der Waals surface area contributed by atoms with E-state index in [1.165, 1.54) is 0 Å². The Kier molecular flexibility index (Phi) is 4.04. The third-order valence-electron chi connectivity index (χ3n) is 3.26. The summed E-state index contributed by atoms with van der Waals surface area (Å²) < 4.78 is 0. The Bertz CT molecular complexity index is 466. The van der Waals surface area contributed by atoms with Crippen molar-refractivity contribution in [1.29, 1.82) is 0 Å². The van der Waals surface area contributed by atoms with Gasteiger partial charge in [-0.25, -0.2) is 0 Å². The van der Waals surface area contributed by atoms with Gasteiger partial charge in [0.25, 0.3) is 0 Å². The van der Waals surface area contributed by atoms with Crippen LogP contribution in [0.25, 0.3) is 0 Å². The zero-order valence-electron chi connectivity index (χ0n) is 11.1. The van der Waals surface area contributed by atoms with Crippen LogP contribution in [0, 0.1) is 0 Å². The molecule has 2 amide bonds. The fourth-order valence-corrected chi connectivity index (χ4v) is 2.06. The highest BCUT2D eigenvalue weighted by atomic mass is 16.2. The molecule has 0 unspecified atom stereocenters. The number of nitrogens with one attached hydrogen (secondary N) is 1. The average Bonchev–Trinajstić information content (AvgIpc) is 3.22. The van der Waals surface area contributed by atoms with E-state index in [1.807, 2.05) is 11.8 Å². The molecule has 0 aliphatic heterocycles. The van der Waals surface area contributed by atoms with Crippen LogP contribution in [0.2, 0.25) is 0 Å². The first-order valence-electron chi connectivity index (χ1n) is 6.55. The van der Waals surface area contributed by atoms with Gasteiger partial charge in [0.1, 0.15) is 0 Å². The molecule has 0 saturated heterocycles. The maximum absolute atomic E-state index is 12.0. The molecule has 102 valence electrons. The van der Waals surface area contributed by atoms with E-state index in [-0.39, 0.29) is 12.5 Å². The minimum absolute atomic E-state index is 0.115. The topological polar surface area (TPSA) is 75.4 Å². The van der Waals surface area contributed by atoms with Gasteiger partial charge < -0.3 is 16.0 Å². The Morgan fingerprint density at radius 2 is 1.95 bits per heavy atom. The molecule has 5 heteroatoms. The van der Waals surface area contributed by atoms with Gasteiger partial charge in [-0.1, -0.05) is 0 Å². The van der Waals surface area contributed by atoms with Crippen LogP contribution >= 0.6 is 0 Å². The van der Waals surface area contributed by atoms with Crippen molar-refractivity contribution in [2.45, 2.75) is 25.8 Å². The number of rotatable bonds is 6. The Morgan fingerprint density at radius 3 is 2.42 bits per heavy atom. The molecule has 1 aromatic rings. The molecule has 1 aliphatic carbocycles. The van der Waals surface area contributed by atoms with Crippen molar-refractivity contribution in [1.82, 2.24) is 4.90 Å². The van der Waals surface area contributed by atoms with Crippen LogP contribution in [0.5, 0.6) is 0 Å². The Balaban J connectivity index is 1.87. The summed E-state index contributed by atoms with van der Waals surface area (Å²) in [7, 11) is 0. The van der Waals surface area contributed by atoms with Gasteiger partial charge in [-0.05, 0) is 44.0 Å². The van der Waals surface area contributed by atoms with Crippen molar-refractivity contribution in [2.75, 3.05) is 18.4 Å². The number of hydrogen-bond acceptors (Lipinski definition) is 3. The second kappa shape index (κ2) is 5.73. The molecule has 0 radical (unpaired) electrons. The first-order valence-corrected chi connectivity index (χ1v) is 6.55. The fraction of sp³-hybridized carbons (Fsp3) is 0.429. The van der Waals surface area contributed by atoms with Crippen molar-refractivity contribution < 1.29 is 9.59 Å². The normalized spacial score (nSPS) is 13.9.